The first-order chi connectivity index (χ1) is 9.81. The molecule has 102 valence electrons. The van der Waals surface area contributed by atoms with Gasteiger partial charge >= 0.3 is 0 Å². The van der Waals surface area contributed by atoms with Crippen LogP contribution in [0.25, 0.3) is 5.69 Å². The van der Waals surface area contributed by atoms with E-state index in [1.807, 2.05) is 48.1 Å². The highest BCUT2D eigenvalue weighted by Crippen LogP contribution is 2.29. The molecule has 1 aromatic carbocycles. The van der Waals surface area contributed by atoms with Gasteiger partial charge in [-0.3, -0.25) is 0 Å². The molecule has 0 aliphatic carbocycles. The second kappa shape index (κ2) is 5.60. The summed E-state index contributed by atoms with van der Waals surface area (Å²) >= 11 is 3.42. The van der Waals surface area contributed by atoms with Gasteiger partial charge in [-0.1, -0.05) is 23.4 Å². The Morgan fingerprint density at radius 3 is 2.70 bits per heavy atom. The van der Waals surface area contributed by atoms with Crippen LogP contribution in [0, 0.1) is 0 Å². The zero-order chi connectivity index (χ0) is 13.9. The van der Waals surface area contributed by atoms with Crippen molar-refractivity contribution in [3.8, 4) is 5.69 Å². The average Bonchev–Trinajstić information content (AvgIpc) is 3.11. The largest absolute Gasteiger partial charge is 0.457 e. The van der Waals surface area contributed by atoms with Crippen molar-refractivity contribution >= 4 is 15.9 Å². The first-order valence-electron chi connectivity index (χ1n) is 6.17. The summed E-state index contributed by atoms with van der Waals surface area (Å²) in [6.07, 6.45) is 3.41. The predicted molar refractivity (Wildman–Crippen MR) is 78.7 cm³/mol. The number of hydrogen-bond donors (Lipinski definition) is 1. The lowest BCUT2D eigenvalue weighted by molar-refractivity contribution is 0.527. The number of para-hydroxylation sites is 1. The molecule has 0 aliphatic rings. The molecule has 0 saturated heterocycles. The maximum absolute atomic E-state index is 5.32. The minimum absolute atomic E-state index is 0.0571. The number of aromatic nitrogens is 3. The standard InChI is InChI=1S/C14H13BrN4O/c1-16-13(11-7-8-20-14(11)15)12-9-17-18-19(12)10-5-3-2-4-6-10/h2-9,13,16H,1H3. The van der Waals surface area contributed by atoms with Gasteiger partial charge in [0.25, 0.3) is 0 Å². The molecule has 5 nitrogen and oxygen atoms in total. The van der Waals surface area contributed by atoms with Crippen LogP contribution in [0.4, 0.5) is 0 Å². The molecule has 0 fully saturated rings. The molecule has 2 aromatic heterocycles. The molecule has 0 aliphatic heterocycles. The van der Waals surface area contributed by atoms with Crippen LogP contribution < -0.4 is 5.32 Å². The molecule has 1 atom stereocenters. The van der Waals surface area contributed by atoms with Gasteiger partial charge in [-0.05, 0) is 41.2 Å². The quantitative estimate of drug-likeness (QED) is 0.798. The van der Waals surface area contributed by atoms with Gasteiger partial charge in [0.15, 0.2) is 4.67 Å². The summed E-state index contributed by atoms with van der Waals surface area (Å²) in [5.41, 5.74) is 2.92. The molecule has 0 amide bonds. The highest BCUT2D eigenvalue weighted by Gasteiger charge is 2.22. The van der Waals surface area contributed by atoms with E-state index in [-0.39, 0.29) is 6.04 Å². The van der Waals surface area contributed by atoms with E-state index in [0.717, 1.165) is 16.9 Å². The Bertz CT molecular complexity index is 692. The van der Waals surface area contributed by atoms with Gasteiger partial charge in [-0.25, -0.2) is 4.68 Å². The summed E-state index contributed by atoms with van der Waals surface area (Å²) in [5.74, 6) is 0. The summed E-state index contributed by atoms with van der Waals surface area (Å²) in [6, 6.07) is 11.8. The zero-order valence-corrected chi connectivity index (χ0v) is 12.4. The Balaban J connectivity index is 2.07. The van der Waals surface area contributed by atoms with E-state index in [9.17, 15) is 0 Å². The second-order valence-electron chi connectivity index (χ2n) is 4.28. The van der Waals surface area contributed by atoms with Crippen LogP contribution in [0.2, 0.25) is 0 Å². The summed E-state index contributed by atoms with van der Waals surface area (Å²) in [4.78, 5) is 0. The van der Waals surface area contributed by atoms with E-state index in [1.54, 1.807) is 12.5 Å². The normalized spacial score (nSPS) is 12.5. The number of hydrogen-bond acceptors (Lipinski definition) is 4. The third-order valence-corrected chi connectivity index (χ3v) is 3.76. The molecular weight excluding hydrogens is 320 g/mol. The van der Waals surface area contributed by atoms with Crippen LogP contribution in [0.1, 0.15) is 17.3 Å². The molecule has 3 rings (SSSR count). The van der Waals surface area contributed by atoms with Gasteiger partial charge < -0.3 is 9.73 Å². The molecule has 20 heavy (non-hydrogen) atoms. The van der Waals surface area contributed by atoms with Crippen molar-refractivity contribution in [3.05, 3.63) is 64.8 Å². The molecule has 0 radical (unpaired) electrons. The topological polar surface area (TPSA) is 55.9 Å². The van der Waals surface area contributed by atoms with Crippen molar-refractivity contribution in [3.63, 3.8) is 0 Å². The molecule has 0 saturated carbocycles. The van der Waals surface area contributed by atoms with E-state index in [0.29, 0.717) is 4.67 Å². The maximum Gasteiger partial charge on any atom is 0.174 e. The van der Waals surface area contributed by atoms with Crippen LogP contribution >= 0.6 is 15.9 Å². The fraction of sp³-hybridized carbons (Fsp3) is 0.143. The Kier molecular flexibility index (Phi) is 3.66. The van der Waals surface area contributed by atoms with Crippen molar-refractivity contribution < 1.29 is 4.42 Å². The maximum atomic E-state index is 5.32. The minimum atomic E-state index is -0.0571. The lowest BCUT2D eigenvalue weighted by Gasteiger charge is -2.16. The van der Waals surface area contributed by atoms with E-state index < -0.39 is 0 Å². The summed E-state index contributed by atoms with van der Waals surface area (Å²) in [5, 5.41) is 11.5. The monoisotopic (exact) mass is 332 g/mol. The van der Waals surface area contributed by atoms with Gasteiger partial charge in [-0.15, -0.1) is 5.10 Å². The third kappa shape index (κ3) is 2.28. The molecule has 0 spiro atoms. The first-order valence-corrected chi connectivity index (χ1v) is 6.96. The molecule has 0 bridgehead atoms. The van der Waals surface area contributed by atoms with Crippen LogP contribution in [-0.4, -0.2) is 22.0 Å². The predicted octanol–water partition coefficient (Wildman–Crippen LogP) is 2.93. The van der Waals surface area contributed by atoms with Gasteiger partial charge in [-0.2, -0.15) is 0 Å². The Hall–Kier alpha value is -1.92. The smallest absolute Gasteiger partial charge is 0.174 e. The fourth-order valence-electron chi connectivity index (χ4n) is 2.18. The highest BCUT2D eigenvalue weighted by molar-refractivity contribution is 9.10. The van der Waals surface area contributed by atoms with Gasteiger partial charge in [0.1, 0.15) is 0 Å². The zero-order valence-electron chi connectivity index (χ0n) is 10.8. The van der Waals surface area contributed by atoms with Crippen molar-refractivity contribution in [1.29, 1.82) is 0 Å². The Morgan fingerprint density at radius 2 is 2.05 bits per heavy atom. The highest BCUT2D eigenvalue weighted by atomic mass is 79.9. The lowest BCUT2D eigenvalue weighted by atomic mass is 10.1. The van der Waals surface area contributed by atoms with Crippen molar-refractivity contribution in [2.75, 3.05) is 7.05 Å². The number of halogens is 1. The third-order valence-electron chi connectivity index (χ3n) is 3.12. The number of furan rings is 1. The lowest BCUT2D eigenvalue weighted by Crippen LogP contribution is -2.21. The number of benzene rings is 1. The SMILES string of the molecule is CNC(c1ccoc1Br)c1cnnn1-c1ccccc1. The van der Waals surface area contributed by atoms with Crippen LogP contribution in [0.15, 0.2) is 57.9 Å². The van der Waals surface area contributed by atoms with Crippen molar-refractivity contribution in [2.24, 2.45) is 0 Å². The number of nitrogens with zero attached hydrogens (tertiary/aromatic N) is 3. The first kappa shape index (κ1) is 13.1. The Labute approximate surface area is 124 Å². The van der Waals surface area contributed by atoms with Crippen LogP contribution in [0.3, 0.4) is 0 Å². The van der Waals surface area contributed by atoms with Gasteiger partial charge in [0, 0.05) is 5.56 Å². The average molecular weight is 333 g/mol. The van der Waals surface area contributed by atoms with Gasteiger partial charge in [0.2, 0.25) is 0 Å². The molecule has 1 N–H and O–H groups in total. The van der Waals surface area contributed by atoms with Crippen LogP contribution in [0.5, 0.6) is 0 Å². The fourth-order valence-corrected chi connectivity index (χ4v) is 2.65. The van der Waals surface area contributed by atoms with Crippen molar-refractivity contribution in [1.82, 2.24) is 20.3 Å². The molecule has 6 heteroatoms. The van der Waals surface area contributed by atoms with Crippen molar-refractivity contribution in [2.45, 2.75) is 6.04 Å². The van der Waals surface area contributed by atoms with E-state index in [1.165, 1.54) is 0 Å². The molecule has 3 aromatic rings. The van der Waals surface area contributed by atoms with Crippen LogP contribution in [-0.2, 0) is 0 Å². The van der Waals surface area contributed by atoms with E-state index in [2.05, 4.69) is 31.6 Å². The van der Waals surface area contributed by atoms with E-state index >= 15 is 0 Å². The van der Waals surface area contributed by atoms with E-state index in [4.69, 9.17) is 4.42 Å². The summed E-state index contributed by atoms with van der Waals surface area (Å²) in [6.45, 7) is 0. The summed E-state index contributed by atoms with van der Waals surface area (Å²) in [7, 11) is 1.90. The Morgan fingerprint density at radius 1 is 1.25 bits per heavy atom. The minimum Gasteiger partial charge on any atom is -0.457 e. The summed E-state index contributed by atoms with van der Waals surface area (Å²) < 4.78 is 7.84. The number of rotatable bonds is 4. The second-order valence-corrected chi connectivity index (χ2v) is 5.00. The number of nitrogens with one attached hydrogen (secondary N) is 1. The molecule has 2 heterocycles. The molecule has 1 unspecified atom stereocenters. The molecular formula is C14H13BrN4O. The van der Waals surface area contributed by atoms with Gasteiger partial charge in [0.05, 0.1) is 29.9 Å².